The fourth-order valence-electron chi connectivity index (χ4n) is 3.54. The second-order valence-electron chi connectivity index (χ2n) is 5.57. The zero-order chi connectivity index (χ0) is 13.3. The van der Waals surface area contributed by atoms with Gasteiger partial charge >= 0.3 is 0 Å². The third-order valence-corrected chi connectivity index (χ3v) is 4.43. The van der Waals surface area contributed by atoms with Gasteiger partial charge in [0.05, 0.1) is 11.2 Å². The Kier molecular flexibility index (Phi) is 1.75. The van der Waals surface area contributed by atoms with Crippen molar-refractivity contribution in [1.82, 2.24) is 14.4 Å². The normalized spacial score (nSPS) is 13.8. The number of imidazole rings is 1. The van der Waals surface area contributed by atoms with E-state index >= 15 is 0 Å². The third-order valence-electron chi connectivity index (χ3n) is 4.43. The van der Waals surface area contributed by atoms with E-state index in [1.54, 1.807) is 0 Å². The highest BCUT2D eigenvalue weighted by molar-refractivity contribution is 6.13. The molecule has 0 spiro atoms. The van der Waals surface area contributed by atoms with Gasteiger partial charge in [-0.05, 0) is 30.7 Å². The maximum Gasteiger partial charge on any atom is 0.145 e. The Morgan fingerprint density at radius 2 is 1.85 bits per heavy atom. The molecule has 0 fully saturated rings. The summed E-state index contributed by atoms with van der Waals surface area (Å²) in [5.41, 5.74) is 6.07. The lowest BCUT2D eigenvalue weighted by molar-refractivity contribution is 0.844. The van der Waals surface area contributed by atoms with Gasteiger partial charge in [0.25, 0.3) is 0 Å². The first-order valence-corrected chi connectivity index (χ1v) is 7.00. The average Bonchev–Trinajstić information content (AvgIpc) is 2.92. The first-order chi connectivity index (χ1) is 9.84. The minimum absolute atomic E-state index is 1.01. The predicted molar refractivity (Wildman–Crippen MR) is 80.1 cm³/mol. The minimum Gasteiger partial charge on any atom is -0.294 e. The van der Waals surface area contributed by atoms with Gasteiger partial charge in [-0.3, -0.25) is 9.38 Å². The average molecular weight is 259 g/mol. The Labute approximate surface area is 115 Å². The SMILES string of the molecule is Cc1cnc2c3c1c1ccccc1c1ncc(n13)CC2. The van der Waals surface area contributed by atoms with Gasteiger partial charge < -0.3 is 0 Å². The topological polar surface area (TPSA) is 30.2 Å². The van der Waals surface area contributed by atoms with Crippen LogP contribution in [0.5, 0.6) is 0 Å². The van der Waals surface area contributed by atoms with E-state index in [2.05, 4.69) is 45.6 Å². The van der Waals surface area contributed by atoms with Crippen molar-refractivity contribution in [3.63, 3.8) is 0 Å². The highest BCUT2D eigenvalue weighted by atomic mass is 15.0. The van der Waals surface area contributed by atoms with Crippen LogP contribution in [-0.4, -0.2) is 14.4 Å². The molecule has 96 valence electrons. The molecular weight excluding hydrogens is 246 g/mol. The van der Waals surface area contributed by atoms with Crippen LogP contribution in [0.3, 0.4) is 0 Å². The molecule has 0 unspecified atom stereocenters. The monoisotopic (exact) mass is 259 g/mol. The van der Waals surface area contributed by atoms with Gasteiger partial charge in [0, 0.05) is 28.9 Å². The van der Waals surface area contributed by atoms with Crippen LogP contribution in [-0.2, 0) is 12.8 Å². The van der Waals surface area contributed by atoms with Crippen molar-refractivity contribution in [1.29, 1.82) is 0 Å². The number of rotatable bonds is 0. The van der Waals surface area contributed by atoms with Crippen LogP contribution in [0.2, 0.25) is 0 Å². The zero-order valence-corrected chi connectivity index (χ0v) is 11.2. The van der Waals surface area contributed by atoms with Crippen molar-refractivity contribution >= 4 is 27.3 Å². The van der Waals surface area contributed by atoms with E-state index in [4.69, 9.17) is 0 Å². The van der Waals surface area contributed by atoms with Crippen LogP contribution in [0, 0.1) is 6.92 Å². The van der Waals surface area contributed by atoms with Crippen LogP contribution in [0.15, 0.2) is 36.7 Å². The summed E-state index contributed by atoms with van der Waals surface area (Å²) in [6, 6.07) is 8.56. The van der Waals surface area contributed by atoms with Gasteiger partial charge in [0.2, 0.25) is 0 Å². The van der Waals surface area contributed by atoms with E-state index in [0.29, 0.717) is 0 Å². The molecule has 0 amide bonds. The Morgan fingerprint density at radius 1 is 1.00 bits per heavy atom. The number of pyridine rings is 2. The molecule has 20 heavy (non-hydrogen) atoms. The lowest BCUT2D eigenvalue weighted by Crippen LogP contribution is -2.09. The highest BCUT2D eigenvalue weighted by Gasteiger charge is 2.20. The van der Waals surface area contributed by atoms with Crippen molar-refractivity contribution < 1.29 is 0 Å². The summed E-state index contributed by atoms with van der Waals surface area (Å²) in [7, 11) is 0. The van der Waals surface area contributed by atoms with Crippen LogP contribution >= 0.6 is 0 Å². The summed E-state index contributed by atoms with van der Waals surface area (Å²) in [6.45, 7) is 2.15. The number of hydrogen-bond donors (Lipinski definition) is 0. The molecule has 0 atom stereocenters. The standard InChI is InChI=1S/C17H13N3/c1-10-8-18-14-7-6-11-9-19-17-13-5-3-2-4-12(13)15(10)16(14)20(11)17/h2-5,8-9H,6-7H2,1H3. The second kappa shape index (κ2) is 3.37. The molecule has 0 aliphatic carbocycles. The molecule has 1 aromatic carbocycles. The molecule has 1 aliphatic heterocycles. The predicted octanol–water partition coefficient (Wildman–Crippen LogP) is 3.44. The smallest absolute Gasteiger partial charge is 0.145 e. The van der Waals surface area contributed by atoms with Crippen LogP contribution in [0.1, 0.15) is 17.0 Å². The molecule has 0 saturated heterocycles. The lowest BCUT2D eigenvalue weighted by atomic mass is 9.99. The summed E-state index contributed by atoms with van der Waals surface area (Å²) in [4.78, 5) is 9.32. The zero-order valence-electron chi connectivity index (χ0n) is 11.2. The number of benzene rings is 1. The minimum atomic E-state index is 1.01. The molecule has 3 heteroatoms. The highest BCUT2D eigenvalue weighted by Crippen LogP contribution is 2.35. The van der Waals surface area contributed by atoms with Crippen molar-refractivity contribution in [2.75, 3.05) is 0 Å². The fourth-order valence-corrected chi connectivity index (χ4v) is 3.54. The molecule has 0 N–H and O–H groups in total. The van der Waals surface area contributed by atoms with E-state index in [1.807, 2.05) is 12.4 Å². The van der Waals surface area contributed by atoms with Crippen molar-refractivity contribution in [2.24, 2.45) is 0 Å². The summed E-state index contributed by atoms with van der Waals surface area (Å²) >= 11 is 0. The molecule has 4 aromatic rings. The number of fused-ring (bicyclic) bond motifs is 3. The Balaban J connectivity index is 2.28. The van der Waals surface area contributed by atoms with Crippen LogP contribution in [0.4, 0.5) is 0 Å². The van der Waals surface area contributed by atoms with E-state index < -0.39 is 0 Å². The largest absolute Gasteiger partial charge is 0.294 e. The van der Waals surface area contributed by atoms with Gasteiger partial charge in [-0.15, -0.1) is 0 Å². The summed E-state index contributed by atoms with van der Waals surface area (Å²) in [5.74, 6) is 0. The third kappa shape index (κ3) is 1.07. The van der Waals surface area contributed by atoms with Gasteiger partial charge in [-0.25, -0.2) is 4.98 Å². The first kappa shape index (κ1) is 10.4. The van der Waals surface area contributed by atoms with E-state index in [0.717, 1.165) is 18.5 Å². The molecule has 0 saturated carbocycles. The van der Waals surface area contributed by atoms with Crippen LogP contribution in [0.25, 0.3) is 27.3 Å². The molecule has 0 bridgehead atoms. The second-order valence-corrected chi connectivity index (χ2v) is 5.57. The van der Waals surface area contributed by atoms with Gasteiger partial charge in [-0.1, -0.05) is 24.3 Å². The number of aryl methyl sites for hydroxylation is 3. The molecule has 0 radical (unpaired) electrons. The maximum absolute atomic E-state index is 4.67. The quantitative estimate of drug-likeness (QED) is 0.453. The van der Waals surface area contributed by atoms with Gasteiger partial charge in [0.1, 0.15) is 5.65 Å². The molecule has 4 heterocycles. The summed E-state index contributed by atoms with van der Waals surface area (Å²) in [6.07, 6.45) is 6.07. The summed E-state index contributed by atoms with van der Waals surface area (Å²) in [5, 5.41) is 3.85. The fraction of sp³-hybridized carbons (Fsp3) is 0.176. The van der Waals surface area contributed by atoms with E-state index in [1.165, 1.54) is 38.6 Å². The first-order valence-electron chi connectivity index (χ1n) is 7.00. The number of nitrogens with zero attached hydrogens (tertiary/aromatic N) is 3. The molecule has 1 aliphatic rings. The Hall–Kier alpha value is -2.42. The van der Waals surface area contributed by atoms with Crippen molar-refractivity contribution in [2.45, 2.75) is 19.8 Å². The Morgan fingerprint density at radius 3 is 2.75 bits per heavy atom. The molecule has 5 rings (SSSR count). The van der Waals surface area contributed by atoms with E-state index in [-0.39, 0.29) is 0 Å². The van der Waals surface area contributed by atoms with Crippen molar-refractivity contribution in [3.05, 3.63) is 53.6 Å². The Bertz CT molecular complexity index is 1010. The lowest BCUT2D eigenvalue weighted by Gasteiger charge is -2.18. The van der Waals surface area contributed by atoms with Gasteiger partial charge in [-0.2, -0.15) is 0 Å². The molecule has 3 aromatic heterocycles. The number of hydrogen-bond acceptors (Lipinski definition) is 2. The molecule has 3 nitrogen and oxygen atoms in total. The number of aromatic nitrogens is 3. The maximum atomic E-state index is 4.67. The van der Waals surface area contributed by atoms with Crippen molar-refractivity contribution in [3.8, 4) is 0 Å². The van der Waals surface area contributed by atoms with Crippen LogP contribution < -0.4 is 0 Å². The van der Waals surface area contributed by atoms with E-state index in [9.17, 15) is 0 Å². The summed E-state index contributed by atoms with van der Waals surface area (Å²) < 4.78 is 2.32. The van der Waals surface area contributed by atoms with Gasteiger partial charge in [0.15, 0.2) is 0 Å². The molecular formula is C17H13N3.